The van der Waals surface area contributed by atoms with Crippen LogP contribution in [0.2, 0.25) is 5.02 Å². The molecule has 2 aromatic carbocycles. The lowest BCUT2D eigenvalue weighted by Crippen LogP contribution is -2.49. The number of nitrogens with zero attached hydrogens (tertiary/aromatic N) is 2. The molecule has 5 rings (SSSR count). The highest BCUT2D eigenvalue weighted by atomic mass is 35.5. The molecule has 1 saturated carbocycles. The molecule has 8 heteroatoms. The Labute approximate surface area is 224 Å². The first-order valence-electron chi connectivity index (χ1n) is 12.7. The van der Waals surface area contributed by atoms with Crippen LogP contribution in [0.5, 0.6) is 0 Å². The van der Waals surface area contributed by atoms with E-state index in [4.69, 9.17) is 16.4 Å². The second-order valence-corrected chi connectivity index (χ2v) is 10.7. The van der Waals surface area contributed by atoms with Crippen LogP contribution in [0, 0.1) is 0 Å². The number of carbonyl (C=O) groups is 1. The first kappa shape index (κ1) is 26.8. The van der Waals surface area contributed by atoms with Crippen molar-refractivity contribution in [1.82, 2.24) is 20.3 Å². The molecule has 2 fully saturated rings. The summed E-state index contributed by atoms with van der Waals surface area (Å²) in [5.74, 6) is 0.296. The number of nitrogens with one attached hydrogen (secondary N) is 2. The van der Waals surface area contributed by atoms with Gasteiger partial charge in [0.15, 0.2) is 0 Å². The number of benzene rings is 2. The highest BCUT2D eigenvalue weighted by Gasteiger charge is 2.39. The summed E-state index contributed by atoms with van der Waals surface area (Å²) in [5, 5.41) is 6.85. The summed E-state index contributed by atoms with van der Waals surface area (Å²) in [4.78, 5) is 24.2. The van der Waals surface area contributed by atoms with Crippen LogP contribution in [0.3, 0.4) is 0 Å². The molecular weight excluding hydrogens is 495 g/mol. The van der Waals surface area contributed by atoms with Crippen molar-refractivity contribution < 1.29 is 9.63 Å². The molecule has 2 aliphatic rings. The van der Waals surface area contributed by atoms with Gasteiger partial charge >= 0.3 is 6.09 Å². The van der Waals surface area contributed by atoms with E-state index in [0.29, 0.717) is 12.5 Å². The molecule has 1 aromatic heterocycles. The number of amides is 1. The predicted molar refractivity (Wildman–Crippen MR) is 148 cm³/mol. The maximum absolute atomic E-state index is 12.8. The number of H-pyrrole nitrogens is 1. The third-order valence-electron chi connectivity index (χ3n) is 8.01. The van der Waals surface area contributed by atoms with Gasteiger partial charge in [-0.25, -0.2) is 4.79 Å². The predicted octanol–water partition coefficient (Wildman–Crippen LogP) is 6.46. The van der Waals surface area contributed by atoms with Gasteiger partial charge in [0.2, 0.25) is 0 Å². The first-order valence-corrected chi connectivity index (χ1v) is 13.1. The van der Waals surface area contributed by atoms with Crippen LogP contribution in [-0.4, -0.2) is 54.3 Å². The zero-order chi connectivity index (χ0) is 24.4. The van der Waals surface area contributed by atoms with Crippen LogP contribution in [0.25, 0.3) is 10.9 Å². The summed E-state index contributed by atoms with van der Waals surface area (Å²) in [6, 6.07) is 16.8. The van der Waals surface area contributed by atoms with E-state index in [1.165, 1.54) is 11.1 Å². The largest absolute Gasteiger partial charge is 0.426 e. The average Bonchev–Trinajstić information content (AvgIpc) is 3.28. The first-order chi connectivity index (χ1) is 16.9. The molecule has 6 nitrogen and oxygen atoms in total. The normalized spacial score (nSPS) is 24.9. The fraction of sp³-hybridized carbons (Fsp3) is 0.464. The van der Waals surface area contributed by atoms with Gasteiger partial charge < -0.3 is 15.1 Å². The molecule has 0 bridgehead atoms. The number of fused-ring (bicyclic) bond motifs is 1. The van der Waals surface area contributed by atoms with Crippen LogP contribution in [0.4, 0.5) is 4.79 Å². The van der Waals surface area contributed by atoms with Crippen LogP contribution in [-0.2, 0) is 10.4 Å². The Bertz CT molecular complexity index is 1160. The highest BCUT2D eigenvalue weighted by molar-refractivity contribution is 6.31. The minimum absolute atomic E-state index is 0. The van der Waals surface area contributed by atoms with Gasteiger partial charge in [-0.2, -0.15) is 0 Å². The van der Waals surface area contributed by atoms with Gasteiger partial charge in [-0.15, -0.1) is 17.5 Å². The fourth-order valence-corrected chi connectivity index (χ4v) is 6.20. The van der Waals surface area contributed by atoms with Crippen molar-refractivity contribution in [3.63, 3.8) is 0 Å². The van der Waals surface area contributed by atoms with Crippen LogP contribution < -0.4 is 5.32 Å². The van der Waals surface area contributed by atoms with E-state index in [-0.39, 0.29) is 30.1 Å². The van der Waals surface area contributed by atoms with Gasteiger partial charge in [0.1, 0.15) is 0 Å². The van der Waals surface area contributed by atoms with E-state index < -0.39 is 0 Å². The quantitative estimate of drug-likeness (QED) is 0.397. The van der Waals surface area contributed by atoms with E-state index >= 15 is 0 Å². The number of piperidine rings is 1. The molecule has 0 spiro atoms. The van der Waals surface area contributed by atoms with Gasteiger partial charge in [0.25, 0.3) is 0 Å². The van der Waals surface area contributed by atoms with Gasteiger partial charge in [-0.3, -0.25) is 4.90 Å². The summed E-state index contributed by atoms with van der Waals surface area (Å²) in [6.07, 6.45) is 7.65. The Hall–Kier alpha value is -2.25. The van der Waals surface area contributed by atoms with Crippen molar-refractivity contribution >= 4 is 41.0 Å². The second-order valence-electron chi connectivity index (χ2n) is 10.3. The Kier molecular flexibility index (Phi) is 8.51. The van der Waals surface area contributed by atoms with E-state index in [9.17, 15) is 4.79 Å². The Balaban J connectivity index is 0.00000304. The lowest BCUT2D eigenvalue weighted by atomic mass is 9.74. The molecule has 3 aromatic rings. The van der Waals surface area contributed by atoms with E-state index in [0.717, 1.165) is 61.0 Å². The zero-order valence-electron chi connectivity index (χ0n) is 21.0. The maximum atomic E-state index is 12.8. The molecular formula is C28H36Cl2N4O2. The minimum atomic E-state index is -0.338. The number of hydrogen-bond donors (Lipinski definition) is 2. The topological polar surface area (TPSA) is 60.6 Å². The number of rotatable bonds is 5. The Morgan fingerprint density at radius 3 is 2.61 bits per heavy atom. The highest BCUT2D eigenvalue weighted by Crippen LogP contribution is 2.41. The summed E-state index contributed by atoms with van der Waals surface area (Å²) < 4.78 is 0. The molecule has 1 aliphatic carbocycles. The Morgan fingerprint density at radius 1 is 1.14 bits per heavy atom. The molecule has 36 heavy (non-hydrogen) atoms. The molecule has 1 atom stereocenters. The standard InChI is InChI=1S/C28H35ClN4O2.ClH/c1-32(2)28(21-8-4-3-5-9-21)14-12-23(13-15-28)31-27(34)35-33-16-6-7-20(19-33)25-18-30-26-11-10-22(29)17-24(25)26;/h3-5,8-11,17-18,20,23,30H,6-7,12-16,19H2,1-2H3,(H,31,34);1H. The number of hydroxylamine groups is 2. The van der Waals surface area contributed by atoms with Gasteiger partial charge in [-0.05, 0) is 81.9 Å². The van der Waals surface area contributed by atoms with Crippen molar-refractivity contribution in [2.24, 2.45) is 0 Å². The van der Waals surface area contributed by atoms with E-state index in [1.54, 1.807) is 0 Å². The summed E-state index contributed by atoms with van der Waals surface area (Å²) >= 11 is 6.24. The number of carbonyl (C=O) groups excluding carboxylic acids is 1. The van der Waals surface area contributed by atoms with E-state index in [1.807, 2.05) is 23.3 Å². The summed E-state index contributed by atoms with van der Waals surface area (Å²) in [7, 11) is 4.31. The molecule has 1 amide bonds. The number of aromatic amines is 1. The van der Waals surface area contributed by atoms with Crippen molar-refractivity contribution in [3.8, 4) is 0 Å². The molecule has 0 radical (unpaired) electrons. The third-order valence-corrected chi connectivity index (χ3v) is 8.25. The minimum Gasteiger partial charge on any atom is -0.361 e. The molecule has 2 N–H and O–H groups in total. The molecule has 1 saturated heterocycles. The van der Waals surface area contributed by atoms with Crippen molar-refractivity contribution in [2.45, 2.75) is 56.0 Å². The van der Waals surface area contributed by atoms with Crippen LogP contribution in [0.1, 0.15) is 55.6 Å². The number of halogens is 2. The smallest absolute Gasteiger partial charge is 0.361 e. The van der Waals surface area contributed by atoms with Crippen molar-refractivity contribution in [1.29, 1.82) is 0 Å². The number of hydrogen-bond acceptors (Lipinski definition) is 4. The van der Waals surface area contributed by atoms with Crippen LogP contribution in [0.15, 0.2) is 54.7 Å². The van der Waals surface area contributed by atoms with Crippen LogP contribution >= 0.6 is 24.0 Å². The summed E-state index contributed by atoms with van der Waals surface area (Å²) in [6.45, 7) is 1.45. The second kappa shape index (κ2) is 11.4. The lowest BCUT2D eigenvalue weighted by Gasteiger charge is -2.45. The third kappa shape index (κ3) is 5.52. The van der Waals surface area contributed by atoms with Crippen molar-refractivity contribution in [2.75, 3.05) is 27.2 Å². The Morgan fingerprint density at radius 2 is 1.89 bits per heavy atom. The molecule has 1 unspecified atom stereocenters. The maximum Gasteiger partial charge on any atom is 0.426 e. The zero-order valence-corrected chi connectivity index (χ0v) is 22.6. The molecule has 194 valence electrons. The van der Waals surface area contributed by atoms with Gasteiger partial charge in [0, 0.05) is 52.7 Å². The van der Waals surface area contributed by atoms with E-state index in [2.05, 4.69) is 65.8 Å². The summed E-state index contributed by atoms with van der Waals surface area (Å²) in [5.41, 5.74) is 3.70. The molecule has 1 aliphatic heterocycles. The van der Waals surface area contributed by atoms with Gasteiger partial charge in [0.05, 0.1) is 0 Å². The van der Waals surface area contributed by atoms with Gasteiger partial charge in [-0.1, -0.05) is 41.9 Å². The number of aromatic nitrogens is 1. The fourth-order valence-electron chi connectivity index (χ4n) is 6.02. The lowest BCUT2D eigenvalue weighted by molar-refractivity contribution is -0.116. The SMILES string of the molecule is CN(C)C1(c2ccccc2)CCC(NC(=O)ON2CCCC(c3c[nH]c4ccc(Cl)cc34)C2)CC1.Cl. The monoisotopic (exact) mass is 530 g/mol. The molecule has 2 heterocycles. The average molecular weight is 532 g/mol. The van der Waals surface area contributed by atoms with Crippen molar-refractivity contribution in [3.05, 3.63) is 70.9 Å².